The van der Waals surface area contributed by atoms with E-state index in [1.165, 1.54) is 0 Å². The number of rotatable bonds is 6. The van der Waals surface area contributed by atoms with Crippen molar-refractivity contribution in [3.8, 4) is 5.75 Å². The fourth-order valence-corrected chi connectivity index (χ4v) is 3.23. The van der Waals surface area contributed by atoms with Crippen LogP contribution in [0.15, 0.2) is 61.1 Å². The minimum atomic E-state index is -0.623. The minimum Gasteiger partial charge on any atom is -0.497 e. The summed E-state index contributed by atoms with van der Waals surface area (Å²) in [6.45, 7) is 1.91. The minimum absolute atomic E-state index is 0.0505. The molecule has 27 heavy (non-hydrogen) atoms. The van der Waals surface area contributed by atoms with Gasteiger partial charge in [0.1, 0.15) is 11.8 Å². The number of hydrogen-bond donors (Lipinski definition) is 3. The van der Waals surface area contributed by atoms with Gasteiger partial charge in [-0.15, -0.1) is 0 Å². The molecular formula is C21H20N4O2. The number of aryl methyl sites for hydroxylation is 1. The van der Waals surface area contributed by atoms with E-state index in [2.05, 4.69) is 20.3 Å². The number of carbonyl (C=O) groups is 1. The van der Waals surface area contributed by atoms with Crippen molar-refractivity contribution in [3.63, 3.8) is 0 Å². The molecule has 2 aromatic carbocycles. The number of H-pyrrole nitrogens is 2. The topological polar surface area (TPSA) is 82.8 Å². The summed E-state index contributed by atoms with van der Waals surface area (Å²) in [4.78, 5) is 24.1. The molecular weight excluding hydrogens is 340 g/mol. The molecule has 4 aromatic rings. The second-order valence-corrected chi connectivity index (χ2v) is 6.33. The Balaban J connectivity index is 1.76. The van der Waals surface area contributed by atoms with Crippen LogP contribution in [0.4, 0.5) is 5.69 Å². The lowest BCUT2D eigenvalue weighted by atomic mass is 9.99. The van der Waals surface area contributed by atoms with Gasteiger partial charge in [-0.3, -0.25) is 4.79 Å². The molecule has 0 radical (unpaired) electrons. The van der Waals surface area contributed by atoms with Gasteiger partial charge in [0, 0.05) is 40.1 Å². The normalized spacial score (nSPS) is 12.1. The van der Waals surface area contributed by atoms with Gasteiger partial charge >= 0.3 is 0 Å². The molecule has 0 bridgehead atoms. The van der Waals surface area contributed by atoms with E-state index >= 15 is 0 Å². The third kappa shape index (κ3) is 3.17. The predicted molar refractivity (Wildman–Crippen MR) is 105 cm³/mol. The highest BCUT2D eigenvalue weighted by molar-refractivity contribution is 6.11. The molecule has 2 aromatic heterocycles. The van der Waals surface area contributed by atoms with Gasteiger partial charge in [0.25, 0.3) is 0 Å². The smallest absolute Gasteiger partial charge is 0.193 e. The number of ether oxygens (including phenoxy) is 1. The largest absolute Gasteiger partial charge is 0.497 e. The number of fused-ring (bicyclic) bond motifs is 1. The molecule has 4 rings (SSSR count). The number of para-hydroxylation sites is 1. The van der Waals surface area contributed by atoms with Crippen LogP contribution in [0, 0.1) is 6.92 Å². The summed E-state index contributed by atoms with van der Waals surface area (Å²) in [6.07, 6.45) is 3.36. The number of carbonyl (C=O) groups excluding carboxylic acids is 1. The molecule has 0 amide bonds. The van der Waals surface area contributed by atoms with Crippen LogP contribution < -0.4 is 10.1 Å². The first-order valence-electron chi connectivity index (χ1n) is 8.68. The molecule has 0 aliphatic rings. The highest BCUT2D eigenvalue weighted by atomic mass is 16.5. The lowest BCUT2D eigenvalue weighted by Crippen LogP contribution is -2.22. The van der Waals surface area contributed by atoms with Gasteiger partial charge in [-0.25, -0.2) is 4.98 Å². The van der Waals surface area contributed by atoms with Gasteiger partial charge < -0.3 is 20.0 Å². The van der Waals surface area contributed by atoms with Crippen LogP contribution in [0.2, 0.25) is 0 Å². The zero-order valence-corrected chi connectivity index (χ0v) is 15.1. The number of nitrogens with one attached hydrogen (secondary N) is 3. The summed E-state index contributed by atoms with van der Waals surface area (Å²) in [5.74, 6) is 0.669. The van der Waals surface area contributed by atoms with E-state index in [4.69, 9.17) is 4.74 Å². The van der Waals surface area contributed by atoms with Crippen molar-refractivity contribution in [2.24, 2.45) is 0 Å². The summed E-state index contributed by atoms with van der Waals surface area (Å²) in [5.41, 5.74) is 3.87. The van der Waals surface area contributed by atoms with Crippen molar-refractivity contribution in [1.82, 2.24) is 15.0 Å². The van der Waals surface area contributed by atoms with Gasteiger partial charge in [0.15, 0.2) is 5.78 Å². The third-order valence-corrected chi connectivity index (χ3v) is 4.64. The van der Waals surface area contributed by atoms with E-state index in [-0.39, 0.29) is 5.78 Å². The van der Waals surface area contributed by atoms with Crippen LogP contribution in [0.3, 0.4) is 0 Å². The van der Waals surface area contributed by atoms with Gasteiger partial charge in [-0.05, 0) is 25.1 Å². The number of ketones is 1. The second kappa shape index (κ2) is 6.99. The quantitative estimate of drug-likeness (QED) is 0.449. The fourth-order valence-electron chi connectivity index (χ4n) is 3.23. The zero-order chi connectivity index (χ0) is 18.8. The summed E-state index contributed by atoms with van der Waals surface area (Å²) in [6, 6.07) is 14.6. The van der Waals surface area contributed by atoms with Crippen LogP contribution in [-0.2, 0) is 0 Å². The first-order valence-corrected chi connectivity index (χ1v) is 8.68. The van der Waals surface area contributed by atoms with Crippen molar-refractivity contribution in [2.75, 3.05) is 12.4 Å². The Hall–Kier alpha value is -3.54. The Morgan fingerprint density at radius 2 is 2.00 bits per heavy atom. The van der Waals surface area contributed by atoms with E-state index in [9.17, 15) is 4.79 Å². The van der Waals surface area contributed by atoms with E-state index in [0.29, 0.717) is 11.3 Å². The maximum absolute atomic E-state index is 13.5. The number of nitrogens with zero attached hydrogens (tertiary/aromatic N) is 1. The van der Waals surface area contributed by atoms with Crippen molar-refractivity contribution in [3.05, 3.63) is 78.0 Å². The van der Waals surface area contributed by atoms with Crippen LogP contribution in [0.1, 0.15) is 27.8 Å². The molecule has 6 heteroatoms. The summed E-state index contributed by atoms with van der Waals surface area (Å²) in [5, 5.41) is 4.22. The van der Waals surface area contributed by atoms with Gasteiger partial charge in [-0.1, -0.05) is 24.3 Å². The lowest BCUT2D eigenvalue weighted by Gasteiger charge is -2.18. The SMILES string of the molecule is COc1cccc(NC(C(=O)c2c[nH]c3ccccc23)c2nc[nH]c2C)c1. The standard InChI is InChI=1S/C21H20N4O2/c1-13-19(24-12-23-13)20(25-14-6-5-7-15(10-14)27-2)21(26)17-11-22-18-9-4-3-8-16(17)18/h3-12,20,22,25H,1-2H3,(H,23,24). The van der Waals surface area contributed by atoms with Crippen molar-refractivity contribution < 1.29 is 9.53 Å². The average molecular weight is 360 g/mol. The molecule has 0 saturated heterocycles. The Bertz CT molecular complexity index is 1100. The monoisotopic (exact) mass is 360 g/mol. The van der Waals surface area contributed by atoms with Crippen molar-refractivity contribution in [2.45, 2.75) is 13.0 Å². The number of methoxy groups -OCH3 is 1. The molecule has 2 heterocycles. The summed E-state index contributed by atoms with van der Waals surface area (Å²) >= 11 is 0. The van der Waals surface area contributed by atoms with Crippen LogP contribution in [0.25, 0.3) is 10.9 Å². The molecule has 0 spiro atoms. The first kappa shape index (κ1) is 16.9. The molecule has 1 atom stereocenters. The van der Waals surface area contributed by atoms with Crippen LogP contribution in [0.5, 0.6) is 5.75 Å². The zero-order valence-electron chi connectivity index (χ0n) is 15.1. The number of hydrogen-bond acceptors (Lipinski definition) is 4. The van der Waals surface area contributed by atoms with Gasteiger partial charge in [-0.2, -0.15) is 0 Å². The number of aromatic nitrogens is 3. The maximum atomic E-state index is 13.5. The van der Waals surface area contributed by atoms with Crippen LogP contribution >= 0.6 is 0 Å². The highest BCUT2D eigenvalue weighted by Gasteiger charge is 2.27. The highest BCUT2D eigenvalue weighted by Crippen LogP contribution is 2.29. The van der Waals surface area contributed by atoms with E-state index in [1.54, 1.807) is 19.6 Å². The number of imidazole rings is 1. The van der Waals surface area contributed by atoms with Crippen molar-refractivity contribution in [1.29, 1.82) is 0 Å². The molecule has 0 saturated carbocycles. The van der Waals surface area contributed by atoms with Crippen molar-refractivity contribution >= 4 is 22.4 Å². The molecule has 6 nitrogen and oxygen atoms in total. The average Bonchev–Trinajstić information content (AvgIpc) is 3.32. The van der Waals surface area contributed by atoms with Crippen LogP contribution in [-0.4, -0.2) is 27.8 Å². The maximum Gasteiger partial charge on any atom is 0.193 e. The molecule has 3 N–H and O–H groups in total. The van der Waals surface area contributed by atoms with Gasteiger partial charge in [0.2, 0.25) is 0 Å². The lowest BCUT2D eigenvalue weighted by molar-refractivity contribution is 0.0969. The Morgan fingerprint density at radius 3 is 2.78 bits per heavy atom. The number of anilines is 1. The van der Waals surface area contributed by atoms with Gasteiger partial charge in [0.05, 0.1) is 19.1 Å². The molecule has 0 aliphatic carbocycles. The Kier molecular flexibility index (Phi) is 4.38. The molecule has 1 unspecified atom stereocenters. The number of Topliss-reactive ketones (excluding diaryl/α,β-unsaturated/α-hetero) is 1. The number of aromatic amines is 2. The Labute approximate surface area is 156 Å². The third-order valence-electron chi connectivity index (χ3n) is 4.64. The molecule has 136 valence electrons. The molecule has 0 aliphatic heterocycles. The summed E-state index contributed by atoms with van der Waals surface area (Å²) in [7, 11) is 1.62. The van der Waals surface area contributed by atoms with E-state index in [1.807, 2.05) is 55.5 Å². The van der Waals surface area contributed by atoms with E-state index in [0.717, 1.165) is 28.0 Å². The number of benzene rings is 2. The molecule has 0 fully saturated rings. The first-order chi connectivity index (χ1) is 13.2. The second-order valence-electron chi connectivity index (χ2n) is 6.33. The van der Waals surface area contributed by atoms with E-state index < -0.39 is 6.04 Å². The predicted octanol–water partition coefficient (Wildman–Crippen LogP) is 4.24. The fraction of sp³-hybridized carbons (Fsp3) is 0.143. The Morgan fingerprint density at radius 1 is 1.15 bits per heavy atom. The summed E-state index contributed by atoms with van der Waals surface area (Å²) < 4.78 is 5.29.